The van der Waals surface area contributed by atoms with Crippen LogP contribution in [0.25, 0.3) is 0 Å². The number of imide groups is 1. The van der Waals surface area contributed by atoms with E-state index < -0.39 is 11.9 Å². The van der Waals surface area contributed by atoms with Gasteiger partial charge in [0.25, 0.3) is 5.91 Å². The topological polar surface area (TPSA) is 79.0 Å². The van der Waals surface area contributed by atoms with E-state index in [4.69, 9.17) is 16.3 Å². The molecule has 1 unspecified atom stereocenters. The van der Waals surface area contributed by atoms with E-state index in [1.807, 2.05) is 6.07 Å². The molecular formula is C20H22ClN3O4. The number of amides is 3. The van der Waals surface area contributed by atoms with Gasteiger partial charge in [0.05, 0.1) is 23.7 Å². The van der Waals surface area contributed by atoms with E-state index >= 15 is 0 Å². The molecule has 4 aliphatic heterocycles. The molecule has 0 bridgehead atoms. The number of carbonyl (C=O) groups excluding carboxylic acids is 3. The van der Waals surface area contributed by atoms with Gasteiger partial charge in [0.2, 0.25) is 11.8 Å². The van der Waals surface area contributed by atoms with Crippen molar-refractivity contribution in [1.29, 1.82) is 0 Å². The van der Waals surface area contributed by atoms with Gasteiger partial charge in [-0.05, 0) is 45.5 Å². The average Bonchev–Trinajstić information content (AvgIpc) is 3.17. The van der Waals surface area contributed by atoms with Gasteiger partial charge in [-0.2, -0.15) is 0 Å². The molecular weight excluding hydrogens is 382 g/mol. The molecule has 7 nitrogen and oxygen atoms in total. The van der Waals surface area contributed by atoms with Crippen LogP contribution in [0, 0.1) is 0 Å². The summed E-state index contributed by atoms with van der Waals surface area (Å²) in [4.78, 5) is 40.7. The molecule has 3 amide bonds. The molecule has 4 aliphatic rings. The Balaban J connectivity index is 1.51. The number of benzene rings is 1. The molecule has 0 radical (unpaired) electrons. The number of likely N-dealkylation sites (tertiary alicyclic amines) is 1. The molecule has 1 spiro atoms. The minimum atomic E-state index is -0.650. The van der Waals surface area contributed by atoms with Crippen LogP contribution in [0.15, 0.2) is 6.07 Å². The number of nitrogens with one attached hydrogen (secondary N) is 1. The lowest BCUT2D eigenvalue weighted by atomic mass is 9.74. The third-order valence-corrected chi connectivity index (χ3v) is 7.03. The third kappa shape index (κ3) is 2.49. The van der Waals surface area contributed by atoms with Crippen LogP contribution in [0.1, 0.15) is 47.2 Å². The van der Waals surface area contributed by atoms with Crippen LogP contribution in [0.5, 0.6) is 5.75 Å². The molecule has 2 saturated heterocycles. The van der Waals surface area contributed by atoms with Gasteiger partial charge in [0.1, 0.15) is 11.8 Å². The highest BCUT2D eigenvalue weighted by Crippen LogP contribution is 2.51. The quantitative estimate of drug-likeness (QED) is 0.718. The molecule has 1 atom stereocenters. The van der Waals surface area contributed by atoms with Crippen LogP contribution in [-0.2, 0) is 21.5 Å². The van der Waals surface area contributed by atoms with E-state index in [9.17, 15) is 14.4 Å². The van der Waals surface area contributed by atoms with Crippen LogP contribution < -0.4 is 10.1 Å². The lowest BCUT2D eigenvalue weighted by Crippen LogP contribution is -2.52. The predicted octanol–water partition coefficient (Wildman–Crippen LogP) is 1.46. The zero-order valence-corrected chi connectivity index (χ0v) is 16.5. The molecule has 1 N–H and O–H groups in total. The minimum Gasteiger partial charge on any atom is -0.492 e. The average molecular weight is 404 g/mol. The van der Waals surface area contributed by atoms with Crippen molar-refractivity contribution >= 4 is 29.3 Å². The Morgan fingerprint density at radius 1 is 1.25 bits per heavy atom. The van der Waals surface area contributed by atoms with Crippen LogP contribution >= 0.6 is 11.6 Å². The van der Waals surface area contributed by atoms with Crippen LogP contribution in [0.4, 0.5) is 0 Å². The Morgan fingerprint density at radius 3 is 2.71 bits per heavy atom. The van der Waals surface area contributed by atoms with Gasteiger partial charge >= 0.3 is 0 Å². The molecule has 2 fully saturated rings. The second-order valence-electron chi connectivity index (χ2n) is 8.36. The highest BCUT2D eigenvalue weighted by molar-refractivity contribution is 6.34. The first-order valence-electron chi connectivity index (χ1n) is 9.71. The molecule has 5 rings (SSSR count). The van der Waals surface area contributed by atoms with Crippen LogP contribution in [0.3, 0.4) is 0 Å². The molecule has 0 aliphatic carbocycles. The smallest absolute Gasteiger partial charge is 0.256 e. The lowest BCUT2D eigenvalue weighted by Gasteiger charge is -2.36. The summed E-state index contributed by atoms with van der Waals surface area (Å²) in [6.07, 6.45) is 2.56. The molecule has 28 heavy (non-hydrogen) atoms. The fourth-order valence-electron chi connectivity index (χ4n) is 4.99. The first kappa shape index (κ1) is 17.9. The summed E-state index contributed by atoms with van der Waals surface area (Å²) in [6.45, 7) is 2.90. The minimum absolute atomic E-state index is 0.0500. The maximum Gasteiger partial charge on any atom is 0.256 e. The van der Waals surface area contributed by atoms with E-state index in [-0.39, 0.29) is 23.7 Å². The van der Waals surface area contributed by atoms with Crippen molar-refractivity contribution in [2.45, 2.75) is 43.7 Å². The van der Waals surface area contributed by atoms with Gasteiger partial charge in [-0.25, -0.2) is 0 Å². The number of nitrogens with zero attached hydrogens (tertiary/aromatic N) is 2. The second kappa shape index (κ2) is 6.19. The highest BCUT2D eigenvalue weighted by atomic mass is 35.5. The van der Waals surface area contributed by atoms with Crippen molar-refractivity contribution in [1.82, 2.24) is 15.1 Å². The van der Waals surface area contributed by atoms with Gasteiger partial charge in [-0.15, -0.1) is 0 Å². The van der Waals surface area contributed by atoms with Gasteiger partial charge < -0.3 is 14.5 Å². The Hall–Kier alpha value is -2.12. The lowest BCUT2D eigenvalue weighted by molar-refractivity contribution is -0.136. The van der Waals surface area contributed by atoms with Gasteiger partial charge in [0.15, 0.2) is 0 Å². The molecule has 1 aromatic carbocycles. The molecule has 4 heterocycles. The summed E-state index contributed by atoms with van der Waals surface area (Å²) < 4.78 is 6.14. The Labute approximate surface area is 167 Å². The standard InChI is InChI=1S/C20H22ClN3O4/c1-23-6-4-20(5-7-23)10-28-17-11-9-24(14-2-3-15(25)22-18(14)26)19(27)16(11)13(21)8-12(17)20/h8,14H,2-7,9-10H2,1H3,(H,22,25,26). The first-order valence-corrected chi connectivity index (χ1v) is 10.1. The fourth-order valence-corrected chi connectivity index (χ4v) is 5.29. The number of rotatable bonds is 1. The molecule has 148 valence electrons. The van der Waals surface area contributed by atoms with E-state index in [0.29, 0.717) is 30.2 Å². The molecule has 0 saturated carbocycles. The van der Waals surface area contributed by atoms with Crippen molar-refractivity contribution in [3.63, 3.8) is 0 Å². The Morgan fingerprint density at radius 2 is 2.00 bits per heavy atom. The number of carbonyl (C=O) groups is 3. The summed E-state index contributed by atoms with van der Waals surface area (Å²) in [6, 6.07) is 1.25. The molecule has 8 heteroatoms. The van der Waals surface area contributed by atoms with Crippen LogP contribution in [-0.4, -0.2) is 60.3 Å². The number of fused-ring (bicyclic) bond motifs is 4. The molecule has 0 aromatic heterocycles. The van der Waals surface area contributed by atoms with Gasteiger partial charge in [-0.3, -0.25) is 19.7 Å². The van der Waals surface area contributed by atoms with E-state index in [1.54, 1.807) is 0 Å². The largest absolute Gasteiger partial charge is 0.492 e. The SMILES string of the molecule is CN1CCC2(CC1)COc1c2cc(Cl)c2c1CN(C1CCC(=O)NC1=O)C2=O. The van der Waals surface area contributed by atoms with Crippen molar-refractivity contribution in [2.75, 3.05) is 26.7 Å². The fraction of sp³-hybridized carbons (Fsp3) is 0.550. The van der Waals surface area contributed by atoms with Crippen LogP contribution in [0.2, 0.25) is 5.02 Å². The zero-order chi connectivity index (χ0) is 19.6. The number of hydrogen-bond acceptors (Lipinski definition) is 5. The number of ether oxygens (including phenoxy) is 1. The third-order valence-electron chi connectivity index (χ3n) is 6.73. The second-order valence-corrected chi connectivity index (χ2v) is 8.77. The summed E-state index contributed by atoms with van der Waals surface area (Å²) in [5.41, 5.74) is 2.27. The highest BCUT2D eigenvalue weighted by Gasteiger charge is 2.48. The maximum absolute atomic E-state index is 13.1. The number of hydrogen-bond donors (Lipinski definition) is 1. The Kier molecular flexibility index (Phi) is 3.97. The normalized spacial score (nSPS) is 26.3. The van der Waals surface area contributed by atoms with Gasteiger partial charge in [0, 0.05) is 23.0 Å². The Bertz CT molecular complexity index is 907. The van der Waals surface area contributed by atoms with Crippen molar-refractivity contribution in [2.24, 2.45) is 0 Å². The van der Waals surface area contributed by atoms with Crippen molar-refractivity contribution < 1.29 is 19.1 Å². The van der Waals surface area contributed by atoms with E-state index in [1.165, 1.54) is 4.90 Å². The summed E-state index contributed by atoms with van der Waals surface area (Å²) in [5, 5.41) is 2.76. The first-order chi connectivity index (χ1) is 13.4. The number of piperidine rings is 2. The van der Waals surface area contributed by atoms with E-state index in [2.05, 4.69) is 17.3 Å². The summed E-state index contributed by atoms with van der Waals surface area (Å²) in [5.74, 6) is -0.202. The predicted molar refractivity (Wildman–Crippen MR) is 101 cm³/mol. The molecule has 1 aromatic rings. The summed E-state index contributed by atoms with van der Waals surface area (Å²) in [7, 11) is 2.12. The van der Waals surface area contributed by atoms with Crippen molar-refractivity contribution in [3.8, 4) is 5.75 Å². The van der Waals surface area contributed by atoms with Gasteiger partial charge in [-0.1, -0.05) is 11.6 Å². The number of halogens is 1. The van der Waals surface area contributed by atoms with Crippen molar-refractivity contribution in [3.05, 3.63) is 27.8 Å². The monoisotopic (exact) mass is 403 g/mol. The maximum atomic E-state index is 13.1. The van der Waals surface area contributed by atoms with E-state index in [0.717, 1.165) is 42.8 Å². The zero-order valence-electron chi connectivity index (χ0n) is 15.7. The summed E-state index contributed by atoms with van der Waals surface area (Å²) >= 11 is 6.57.